The maximum atomic E-state index is 11.6. The summed E-state index contributed by atoms with van der Waals surface area (Å²) in [7, 11) is 0. The zero-order chi connectivity index (χ0) is 11.3. The molecule has 0 aliphatic carbocycles. The summed E-state index contributed by atoms with van der Waals surface area (Å²) < 4.78 is 5.25. The fourth-order valence-corrected chi connectivity index (χ4v) is 1.36. The van der Waals surface area contributed by atoms with Crippen LogP contribution in [0.25, 0.3) is 0 Å². The van der Waals surface area contributed by atoms with Crippen LogP contribution in [0.3, 0.4) is 0 Å². The summed E-state index contributed by atoms with van der Waals surface area (Å²) in [6.07, 6.45) is 0.591. The number of carbonyl (C=O) groups excluding carboxylic acids is 1. The van der Waals surface area contributed by atoms with E-state index in [9.17, 15) is 4.79 Å². The van der Waals surface area contributed by atoms with E-state index in [2.05, 4.69) is 6.58 Å². The van der Waals surface area contributed by atoms with Crippen molar-refractivity contribution in [3.05, 3.63) is 48.0 Å². The van der Waals surface area contributed by atoms with Crippen molar-refractivity contribution in [1.29, 1.82) is 0 Å². The molecule has 0 fully saturated rings. The first-order chi connectivity index (χ1) is 7.09. The van der Waals surface area contributed by atoms with Gasteiger partial charge in [0.2, 0.25) is 0 Å². The molecule has 1 aromatic rings. The van der Waals surface area contributed by atoms with Crippen LogP contribution in [0.4, 0.5) is 0 Å². The second-order valence-corrected chi connectivity index (χ2v) is 3.74. The van der Waals surface area contributed by atoms with Crippen molar-refractivity contribution in [2.45, 2.75) is 26.4 Å². The van der Waals surface area contributed by atoms with Gasteiger partial charge >= 0.3 is 5.97 Å². The molecule has 1 atom stereocenters. The third kappa shape index (κ3) is 3.98. The van der Waals surface area contributed by atoms with Gasteiger partial charge in [0.1, 0.15) is 6.10 Å². The quantitative estimate of drug-likeness (QED) is 0.556. The van der Waals surface area contributed by atoms with Crippen molar-refractivity contribution in [2.24, 2.45) is 0 Å². The molecule has 2 heteroatoms. The first-order valence-corrected chi connectivity index (χ1v) is 5.00. The van der Waals surface area contributed by atoms with Gasteiger partial charge in [-0.05, 0) is 26.0 Å². The Bertz CT molecular complexity index is 341. The third-order valence-corrected chi connectivity index (χ3v) is 1.95. The van der Waals surface area contributed by atoms with E-state index in [1.54, 1.807) is 12.1 Å². The molecule has 0 aliphatic heterocycles. The fraction of sp³-hybridized carbons (Fsp3) is 0.308. The Balaban J connectivity index is 2.53. The van der Waals surface area contributed by atoms with Crippen molar-refractivity contribution in [3.63, 3.8) is 0 Å². The van der Waals surface area contributed by atoms with Crippen LogP contribution in [-0.4, -0.2) is 12.1 Å². The lowest BCUT2D eigenvalue weighted by Gasteiger charge is -2.12. The maximum Gasteiger partial charge on any atom is 0.338 e. The largest absolute Gasteiger partial charge is 0.459 e. The molecule has 15 heavy (non-hydrogen) atoms. The van der Waals surface area contributed by atoms with Crippen molar-refractivity contribution in [1.82, 2.24) is 0 Å². The highest BCUT2D eigenvalue weighted by Gasteiger charge is 2.10. The van der Waals surface area contributed by atoms with E-state index in [4.69, 9.17) is 4.74 Å². The molecule has 0 radical (unpaired) electrons. The summed E-state index contributed by atoms with van der Waals surface area (Å²) in [4.78, 5) is 11.6. The first-order valence-electron chi connectivity index (χ1n) is 5.00. The van der Waals surface area contributed by atoms with Crippen molar-refractivity contribution in [2.75, 3.05) is 0 Å². The van der Waals surface area contributed by atoms with Crippen LogP contribution in [0.1, 0.15) is 30.6 Å². The maximum absolute atomic E-state index is 11.6. The number of ether oxygens (including phenoxy) is 1. The zero-order valence-corrected chi connectivity index (χ0v) is 9.19. The van der Waals surface area contributed by atoms with Crippen molar-refractivity contribution >= 4 is 5.97 Å². The Kier molecular flexibility index (Phi) is 4.10. The highest BCUT2D eigenvalue weighted by molar-refractivity contribution is 5.89. The molecule has 2 nitrogen and oxygen atoms in total. The van der Waals surface area contributed by atoms with E-state index < -0.39 is 0 Å². The lowest BCUT2D eigenvalue weighted by Crippen LogP contribution is -2.15. The van der Waals surface area contributed by atoms with Crippen LogP contribution in [-0.2, 0) is 4.74 Å². The predicted octanol–water partition coefficient (Wildman–Crippen LogP) is 3.20. The Morgan fingerprint density at radius 3 is 2.53 bits per heavy atom. The van der Waals surface area contributed by atoms with Crippen molar-refractivity contribution in [3.8, 4) is 0 Å². The Morgan fingerprint density at radius 2 is 2.00 bits per heavy atom. The van der Waals surface area contributed by atoms with Gasteiger partial charge in [-0.2, -0.15) is 0 Å². The molecule has 0 bridgehead atoms. The molecule has 0 heterocycles. The summed E-state index contributed by atoms with van der Waals surface area (Å²) in [6.45, 7) is 7.58. The molecule has 0 unspecified atom stereocenters. The van der Waals surface area contributed by atoms with Crippen LogP contribution in [0, 0.1) is 0 Å². The number of carbonyl (C=O) groups is 1. The molecular formula is C13H16O2. The minimum atomic E-state index is -0.274. The Morgan fingerprint density at radius 1 is 1.40 bits per heavy atom. The molecule has 0 saturated carbocycles. The zero-order valence-electron chi connectivity index (χ0n) is 9.19. The van der Waals surface area contributed by atoms with Gasteiger partial charge in [-0.3, -0.25) is 0 Å². The molecular weight excluding hydrogens is 188 g/mol. The Labute approximate surface area is 90.6 Å². The standard InChI is InChI=1S/C13H16O2/c1-10(2)9-11(3)15-13(14)12-7-5-4-6-8-12/h4-8,11H,1,9H2,2-3H3/t11-/m1/s1. The summed E-state index contributed by atoms with van der Waals surface area (Å²) >= 11 is 0. The molecule has 80 valence electrons. The highest BCUT2D eigenvalue weighted by Crippen LogP contribution is 2.09. The molecule has 1 rings (SSSR count). The molecule has 1 aromatic carbocycles. The number of benzene rings is 1. The Hall–Kier alpha value is -1.57. The van der Waals surface area contributed by atoms with E-state index in [-0.39, 0.29) is 12.1 Å². The van der Waals surface area contributed by atoms with Crippen LogP contribution < -0.4 is 0 Å². The van der Waals surface area contributed by atoms with Crippen molar-refractivity contribution < 1.29 is 9.53 Å². The minimum Gasteiger partial charge on any atom is -0.459 e. The SMILES string of the molecule is C=C(C)C[C@@H](C)OC(=O)c1ccccc1. The van der Waals surface area contributed by atoms with Crippen LogP contribution in [0.15, 0.2) is 42.5 Å². The summed E-state index contributed by atoms with van der Waals surface area (Å²) in [5.74, 6) is -0.274. The van der Waals surface area contributed by atoms with Crippen LogP contribution >= 0.6 is 0 Å². The van der Waals surface area contributed by atoms with E-state index in [1.807, 2.05) is 32.0 Å². The van der Waals surface area contributed by atoms with Gasteiger partial charge in [0, 0.05) is 6.42 Å². The van der Waals surface area contributed by atoms with Gasteiger partial charge < -0.3 is 4.74 Å². The lowest BCUT2D eigenvalue weighted by molar-refractivity contribution is 0.0343. The smallest absolute Gasteiger partial charge is 0.338 e. The second kappa shape index (κ2) is 5.35. The first kappa shape index (κ1) is 11.5. The predicted molar refractivity (Wildman–Crippen MR) is 60.8 cm³/mol. The fourth-order valence-electron chi connectivity index (χ4n) is 1.36. The molecule has 0 aliphatic rings. The van der Waals surface area contributed by atoms with E-state index >= 15 is 0 Å². The number of hydrogen-bond acceptors (Lipinski definition) is 2. The average Bonchev–Trinajstić information content (AvgIpc) is 2.17. The van der Waals surface area contributed by atoms with E-state index in [0.717, 1.165) is 5.57 Å². The number of rotatable bonds is 4. The monoisotopic (exact) mass is 204 g/mol. The molecule has 0 amide bonds. The molecule has 0 spiro atoms. The number of esters is 1. The molecule has 0 N–H and O–H groups in total. The van der Waals surface area contributed by atoms with Gasteiger partial charge in [0.15, 0.2) is 0 Å². The van der Waals surface area contributed by atoms with Crippen LogP contribution in [0.2, 0.25) is 0 Å². The third-order valence-electron chi connectivity index (χ3n) is 1.95. The van der Waals surface area contributed by atoms with Gasteiger partial charge in [0.05, 0.1) is 5.56 Å². The van der Waals surface area contributed by atoms with Gasteiger partial charge in [0.25, 0.3) is 0 Å². The van der Waals surface area contributed by atoms with Crippen LogP contribution in [0.5, 0.6) is 0 Å². The summed E-state index contributed by atoms with van der Waals surface area (Å²) in [5.41, 5.74) is 1.61. The normalized spacial score (nSPS) is 11.9. The van der Waals surface area contributed by atoms with E-state index in [1.165, 1.54) is 0 Å². The van der Waals surface area contributed by atoms with Gasteiger partial charge in [-0.25, -0.2) is 4.79 Å². The summed E-state index contributed by atoms with van der Waals surface area (Å²) in [5, 5.41) is 0. The topological polar surface area (TPSA) is 26.3 Å². The molecule has 0 saturated heterocycles. The average molecular weight is 204 g/mol. The second-order valence-electron chi connectivity index (χ2n) is 3.74. The summed E-state index contributed by atoms with van der Waals surface area (Å²) in [6, 6.07) is 9.00. The number of hydrogen-bond donors (Lipinski definition) is 0. The molecule has 0 aromatic heterocycles. The minimum absolute atomic E-state index is 0.116. The van der Waals surface area contributed by atoms with Gasteiger partial charge in [-0.1, -0.05) is 23.8 Å². The van der Waals surface area contributed by atoms with Gasteiger partial charge in [-0.15, -0.1) is 6.58 Å². The van der Waals surface area contributed by atoms with E-state index in [0.29, 0.717) is 12.0 Å². The lowest BCUT2D eigenvalue weighted by atomic mass is 10.1. The highest BCUT2D eigenvalue weighted by atomic mass is 16.5.